The van der Waals surface area contributed by atoms with Crippen molar-refractivity contribution in [1.29, 1.82) is 0 Å². The molecule has 0 aromatic heterocycles. The van der Waals surface area contributed by atoms with Gasteiger partial charge >= 0.3 is 0 Å². The van der Waals surface area contributed by atoms with Gasteiger partial charge in [-0.05, 0) is 54.1 Å². The van der Waals surface area contributed by atoms with Crippen molar-refractivity contribution in [2.75, 3.05) is 0 Å². The molecule has 0 N–H and O–H groups in total. The lowest BCUT2D eigenvalue weighted by Gasteiger charge is -2.10. The standard InChI is InChI=1S/C22H14Cl2O2S/c23-16-5-3-4-14(10-16)13-26-19-9-8-17(24)11-15(19)12-21-22(25)18-6-1-2-7-20(18)27-21/h1-12H,13H2/b21-12-. The summed E-state index contributed by atoms with van der Waals surface area (Å²) in [5.41, 5.74) is 2.47. The lowest BCUT2D eigenvalue weighted by Crippen LogP contribution is -1.98. The molecule has 3 aromatic carbocycles. The van der Waals surface area contributed by atoms with Crippen molar-refractivity contribution in [3.63, 3.8) is 0 Å². The molecular formula is C22H14Cl2O2S. The average molecular weight is 413 g/mol. The van der Waals surface area contributed by atoms with Crippen LogP contribution in [0.15, 0.2) is 76.5 Å². The van der Waals surface area contributed by atoms with E-state index in [4.69, 9.17) is 27.9 Å². The zero-order chi connectivity index (χ0) is 18.8. The second-order valence-electron chi connectivity index (χ2n) is 6.04. The van der Waals surface area contributed by atoms with E-state index in [2.05, 4.69) is 0 Å². The largest absolute Gasteiger partial charge is 0.488 e. The molecule has 0 amide bonds. The van der Waals surface area contributed by atoms with Crippen LogP contribution in [0.4, 0.5) is 0 Å². The van der Waals surface area contributed by atoms with Gasteiger partial charge in [-0.1, -0.05) is 59.2 Å². The molecular weight excluding hydrogens is 399 g/mol. The van der Waals surface area contributed by atoms with Crippen LogP contribution >= 0.6 is 35.0 Å². The lowest BCUT2D eigenvalue weighted by atomic mass is 10.1. The van der Waals surface area contributed by atoms with Crippen LogP contribution in [-0.2, 0) is 6.61 Å². The smallest absolute Gasteiger partial charge is 0.200 e. The number of Topliss-reactive ketones (excluding diaryl/α,β-unsaturated/α-hetero) is 1. The van der Waals surface area contributed by atoms with E-state index in [9.17, 15) is 4.79 Å². The number of benzene rings is 3. The molecule has 5 heteroatoms. The van der Waals surface area contributed by atoms with Crippen molar-refractivity contribution in [1.82, 2.24) is 0 Å². The molecule has 2 nitrogen and oxygen atoms in total. The molecule has 27 heavy (non-hydrogen) atoms. The molecule has 0 saturated heterocycles. The maximum Gasteiger partial charge on any atom is 0.200 e. The van der Waals surface area contributed by atoms with Gasteiger partial charge in [-0.15, -0.1) is 0 Å². The van der Waals surface area contributed by atoms with Crippen LogP contribution in [0.2, 0.25) is 10.0 Å². The first-order chi connectivity index (χ1) is 13.1. The monoisotopic (exact) mass is 412 g/mol. The minimum absolute atomic E-state index is 0.0244. The van der Waals surface area contributed by atoms with Crippen molar-refractivity contribution in [3.05, 3.63) is 98.4 Å². The van der Waals surface area contributed by atoms with Crippen LogP contribution < -0.4 is 4.74 Å². The molecule has 0 saturated carbocycles. The first-order valence-corrected chi connectivity index (χ1v) is 9.87. The van der Waals surface area contributed by atoms with Crippen LogP contribution in [0.3, 0.4) is 0 Å². The summed E-state index contributed by atoms with van der Waals surface area (Å²) in [6.07, 6.45) is 1.84. The number of hydrogen-bond donors (Lipinski definition) is 0. The van der Waals surface area contributed by atoms with Gasteiger partial charge in [-0.3, -0.25) is 4.79 Å². The number of allylic oxidation sites excluding steroid dienone is 1. The fraction of sp³-hybridized carbons (Fsp3) is 0.0455. The van der Waals surface area contributed by atoms with Gasteiger partial charge in [0, 0.05) is 26.1 Å². The summed E-state index contributed by atoms with van der Waals surface area (Å²) in [6, 6.07) is 20.5. The average Bonchev–Trinajstić information content (AvgIpc) is 2.97. The molecule has 0 fully saturated rings. The Morgan fingerprint density at radius 2 is 1.74 bits per heavy atom. The van der Waals surface area contributed by atoms with Crippen molar-refractivity contribution in [2.24, 2.45) is 0 Å². The summed E-state index contributed by atoms with van der Waals surface area (Å²) in [5.74, 6) is 0.688. The SMILES string of the molecule is O=C1/C(=C/c2cc(Cl)ccc2OCc2cccc(Cl)c2)Sc2ccccc21. The summed E-state index contributed by atoms with van der Waals surface area (Å²) < 4.78 is 5.97. The minimum Gasteiger partial charge on any atom is -0.488 e. The molecule has 1 aliphatic heterocycles. The molecule has 0 unspecified atom stereocenters. The quantitative estimate of drug-likeness (QED) is 0.435. The molecule has 4 rings (SSSR count). The number of ether oxygens (including phenoxy) is 1. The molecule has 0 aliphatic carbocycles. The number of carbonyl (C=O) groups excluding carboxylic acids is 1. The van der Waals surface area contributed by atoms with Crippen LogP contribution in [0.5, 0.6) is 5.75 Å². The number of fused-ring (bicyclic) bond motifs is 1. The Hall–Kier alpha value is -2.20. The summed E-state index contributed by atoms with van der Waals surface area (Å²) in [6.45, 7) is 0.375. The zero-order valence-corrected chi connectivity index (χ0v) is 16.4. The molecule has 1 heterocycles. The molecule has 3 aromatic rings. The highest BCUT2D eigenvalue weighted by Gasteiger charge is 2.25. The summed E-state index contributed by atoms with van der Waals surface area (Å²) in [4.78, 5) is 14.3. The first-order valence-electron chi connectivity index (χ1n) is 8.30. The Morgan fingerprint density at radius 1 is 0.926 bits per heavy atom. The van der Waals surface area contributed by atoms with Crippen LogP contribution in [0.1, 0.15) is 21.5 Å². The van der Waals surface area contributed by atoms with E-state index in [1.165, 1.54) is 11.8 Å². The van der Waals surface area contributed by atoms with Gasteiger partial charge in [-0.2, -0.15) is 0 Å². The summed E-state index contributed by atoms with van der Waals surface area (Å²) in [5, 5.41) is 1.25. The highest BCUT2D eigenvalue weighted by Crippen LogP contribution is 2.41. The number of halogens is 2. The molecule has 0 atom stereocenters. The predicted octanol–water partition coefficient (Wildman–Crippen LogP) is 6.90. The minimum atomic E-state index is 0.0244. The third-order valence-corrected chi connectivity index (χ3v) is 5.69. The third-order valence-electron chi connectivity index (χ3n) is 4.12. The van der Waals surface area contributed by atoms with Gasteiger partial charge in [0.05, 0.1) is 4.91 Å². The summed E-state index contributed by atoms with van der Waals surface area (Å²) in [7, 11) is 0. The van der Waals surface area contributed by atoms with Crippen molar-refractivity contribution >= 4 is 46.8 Å². The van der Waals surface area contributed by atoms with E-state index < -0.39 is 0 Å². The fourth-order valence-electron chi connectivity index (χ4n) is 2.83. The summed E-state index contributed by atoms with van der Waals surface area (Å²) >= 11 is 13.7. The van der Waals surface area contributed by atoms with Gasteiger partial charge in [0.15, 0.2) is 0 Å². The number of carbonyl (C=O) groups is 1. The maximum absolute atomic E-state index is 12.6. The van der Waals surface area contributed by atoms with Crippen molar-refractivity contribution < 1.29 is 9.53 Å². The van der Waals surface area contributed by atoms with E-state index in [-0.39, 0.29) is 5.78 Å². The van der Waals surface area contributed by atoms with Gasteiger partial charge in [0.25, 0.3) is 0 Å². The lowest BCUT2D eigenvalue weighted by molar-refractivity contribution is 0.104. The van der Waals surface area contributed by atoms with Crippen molar-refractivity contribution in [3.8, 4) is 5.75 Å². The first kappa shape index (κ1) is 18.2. The van der Waals surface area contributed by atoms with E-state index in [0.717, 1.165) is 21.6 Å². The van der Waals surface area contributed by atoms with Crippen LogP contribution in [0, 0.1) is 0 Å². The third kappa shape index (κ3) is 4.06. The number of rotatable bonds is 4. The molecule has 0 bridgehead atoms. The maximum atomic E-state index is 12.6. The van der Waals surface area contributed by atoms with E-state index in [1.54, 1.807) is 12.1 Å². The molecule has 134 valence electrons. The topological polar surface area (TPSA) is 26.3 Å². The van der Waals surface area contributed by atoms with Gasteiger partial charge in [0.2, 0.25) is 5.78 Å². The predicted molar refractivity (Wildman–Crippen MR) is 112 cm³/mol. The van der Waals surface area contributed by atoms with Gasteiger partial charge < -0.3 is 4.74 Å². The Bertz CT molecular complexity index is 1060. The van der Waals surface area contributed by atoms with Crippen LogP contribution in [0.25, 0.3) is 6.08 Å². The van der Waals surface area contributed by atoms with Gasteiger partial charge in [-0.25, -0.2) is 0 Å². The Morgan fingerprint density at radius 3 is 2.56 bits per heavy atom. The molecule has 1 aliphatic rings. The highest BCUT2D eigenvalue weighted by molar-refractivity contribution is 8.04. The zero-order valence-electron chi connectivity index (χ0n) is 14.1. The number of hydrogen-bond acceptors (Lipinski definition) is 3. The molecule has 0 radical (unpaired) electrons. The van der Waals surface area contributed by atoms with Crippen molar-refractivity contribution in [2.45, 2.75) is 11.5 Å². The van der Waals surface area contributed by atoms with E-state index in [1.807, 2.05) is 60.7 Å². The highest BCUT2D eigenvalue weighted by atomic mass is 35.5. The Kier molecular flexibility index (Phi) is 5.26. The Balaban J connectivity index is 1.62. The van der Waals surface area contributed by atoms with Gasteiger partial charge in [0.1, 0.15) is 12.4 Å². The number of thioether (sulfide) groups is 1. The normalized spacial score (nSPS) is 14.4. The van der Waals surface area contributed by atoms with E-state index in [0.29, 0.717) is 27.3 Å². The Labute approximate surface area is 171 Å². The second-order valence-corrected chi connectivity index (χ2v) is 7.99. The second kappa shape index (κ2) is 7.81. The fourth-order valence-corrected chi connectivity index (χ4v) is 4.26. The number of ketones is 1. The van der Waals surface area contributed by atoms with Crippen LogP contribution in [-0.4, -0.2) is 5.78 Å². The van der Waals surface area contributed by atoms with E-state index >= 15 is 0 Å². The molecule has 0 spiro atoms.